The maximum Gasteiger partial charge on any atom is 0.282 e. The van der Waals surface area contributed by atoms with Crippen molar-refractivity contribution in [2.45, 2.75) is 19.8 Å². The molecule has 1 aromatic carbocycles. The van der Waals surface area contributed by atoms with Gasteiger partial charge in [0.15, 0.2) is 0 Å². The van der Waals surface area contributed by atoms with Gasteiger partial charge in [-0.2, -0.15) is 0 Å². The molecule has 3 N–H and O–H groups in total. The van der Waals surface area contributed by atoms with Gasteiger partial charge >= 0.3 is 0 Å². The Morgan fingerprint density at radius 1 is 1.56 bits per heavy atom. The minimum Gasteiger partial charge on any atom is -0.399 e. The van der Waals surface area contributed by atoms with Crippen LogP contribution < -0.4 is 11.1 Å². The molecule has 1 fully saturated rings. The number of carbonyl (C=O) groups excluding carboxylic acids is 1. The van der Waals surface area contributed by atoms with E-state index in [0.717, 1.165) is 12.8 Å². The van der Waals surface area contributed by atoms with E-state index >= 15 is 0 Å². The smallest absolute Gasteiger partial charge is 0.282 e. The van der Waals surface area contributed by atoms with Crippen molar-refractivity contribution in [2.24, 2.45) is 5.41 Å². The van der Waals surface area contributed by atoms with Gasteiger partial charge in [-0.3, -0.25) is 14.9 Å². The van der Waals surface area contributed by atoms with Gasteiger partial charge < -0.3 is 11.1 Å². The van der Waals surface area contributed by atoms with Crippen molar-refractivity contribution in [3.8, 4) is 0 Å². The number of amides is 1. The first-order valence-electron chi connectivity index (χ1n) is 5.73. The van der Waals surface area contributed by atoms with Crippen LogP contribution in [-0.2, 0) is 0 Å². The first-order chi connectivity index (χ1) is 8.41. The summed E-state index contributed by atoms with van der Waals surface area (Å²) < 4.78 is 0. The highest BCUT2D eigenvalue weighted by molar-refractivity contribution is 5.99. The van der Waals surface area contributed by atoms with Crippen LogP contribution in [0, 0.1) is 15.5 Å². The molecule has 0 bridgehead atoms. The van der Waals surface area contributed by atoms with Gasteiger partial charge in [-0.1, -0.05) is 6.92 Å². The van der Waals surface area contributed by atoms with E-state index in [1.165, 1.54) is 18.2 Å². The Kier molecular flexibility index (Phi) is 2.94. The van der Waals surface area contributed by atoms with Gasteiger partial charge in [-0.05, 0) is 30.4 Å². The van der Waals surface area contributed by atoms with Crippen LogP contribution in [0.25, 0.3) is 0 Å². The first-order valence-corrected chi connectivity index (χ1v) is 5.73. The Balaban J connectivity index is 2.17. The quantitative estimate of drug-likeness (QED) is 0.482. The molecule has 96 valence electrons. The summed E-state index contributed by atoms with van der Waals surface area (Å²) in [6.45, 7) is 2.61. The molecule has 1 aromatic rings. The van der Waals surface area contributed by atoms with E-state index in [9.17, 15) is 14.9 Å². The highest BCUT2D eigenvalue weighted by atomic mass is 16.6. The minimum atomic E-state index is -0.576. The lowest BCUT2D eigenvalue weighted by Gasteiger charge is -2.10. The summed E-state index contributed by atoms with van der Waals surface area (Å²) in [5, 5.41) is 13.6. The molecule has 18 heavy (non-hydrogen) atoms. The van der Waals surface area contributed by atoms with Crippen molar-refractivity contribution >= 4 is 17.3 Å². The molecule has 0 radical (unpaired) electrons. The molecule has 0 atom stereocenters. The SMILES string of the molecule is CC1(CNC(=O)c2cc(N)ccc2[N+](=O)[O-])CC1. The molecule has 0 unspecified atom stereocenters. The fourth-order valence-corrected chi connectivity index (χ4v) is 1.67. The number of nitro groups is 1. The summed E-state index contributed by atoms with van der Waals surface area (Å²) in [7, 11) is 0. The molecule has 0 heterocycles. The van der Waals surface area contributed by atoms with Crippen LogP contribution in [0.3, 0.4) is 0 Å². The number of nitro benzene ring substituents is 1. The summed E-state index contributed by atoms with van der Waals surface area (Å²) in [6, 6.07) is 4.00. The van der Waals surface area contributed by atoms with Gasteiger partial charge in [0.2, 0.25) is 0 Å². The van der Waals surface area contributed by atoms with Crippen molar-refractivity contribution in [1.29, 1.82) is 0 Å². The summed E-state index contributed by atoms with van der Waals surface area (Å²) >= 11 is 0. The van der Waals surface area contributed by atoms with Crippen LogP contribution >= 0.6 is 0 Å². The average molecular weight is 249 g/mol. The number of hydrogen-bond donors (Lipinski definition) is 2. The van der Waals surface area contributed by atoms with Crippen LogP contribution in [0.4, 0.5) is 11.4 Å². The fourth-order valence-electron chi connectivity index (χ4n) is 1.67. The summed E-state index contributed by atoms with van der Waals surface area (Å²) in [4.78, 5) is 22.2. The van der Waals surface area contributed by atoms with Gasteiger partial charge in [-0.25, -0.2) is 0 Å². The van der Waals surface area contributed by atoms with Crippen molar-refractivity contribution < 1.29 is 9.72 Å². The number of nitrogens with zero attached hydrogens (tertiary/aromatic N) is 1. The molecule has 0 aromatic heterocycles. The number of nitrogens with two attached hydrogens (primary N) is 1. The zero-order valence-corrected chi connectivity index (χ0v) is 10.1. The Bertz CT molecular complexity index is 509. The van der Waals surface area contributed by atoms with E-state index < -0.39 is 10.8 Å². The summed E-state index contributed by atoms with van der Waals surface area (Å²) in [5.74, 6) is -0.442. The number of rotatable bonds is 4. The maximum atomic E-state index is 11.9. The van der Waals surface area contributed by atoms with Gasteiger partial charge in [0.1, 0.15) is 5.56 Å². The summed E-state index contributed by atoms with van der Waals surface area (Å²) in [6.07, 6.45) is 2.15. The molecule has 6 heteroatoms. The monoisotopic (exact) mass is 249 g/mol. The third-order valence-electron chi connectivity index (χ3n) is 3.24. The second-order valence-electron chi connectivity index (χ2n) is 5.03. The lowest BCUT2D eigenvalue weighted by atomic mass is 10.1. The van der Waals surface area contributed by atoms with Crippen molar-refractivity contribution in [3.63, 3.8) is 0 Å². The average Bonchev–Trinajstić information content (AvgIpc) is 3.04. The van der Waals surface area contributed by atoms with E-state index in [1.54, 1.807) is 0 Å². The molecule has 1 amide bonds. The highest BCUT2D eigenvalue weighted by Crippen LogP contribution is 2.44. The molecule has 0 spiro atoms. The summed E-state index contributed by atoms with van der Waals surface area (Å²) in [5.41, 5.74) is 5.85. The second-order valence-corrected chi connectivity index (χ2v) is 5.03. The van der Waals surface area contributed by atoms with Crippen molar-refractivity contribution in [3.05, 3.63) is 33.9 Å². The predicted octanol–water partition coefficient (Wildman–Crippen LogP) is 1.71. The van der Waals surface area contributed by atoms with Crippen molar-refractivity contribution in [1.82, 2.24) is 5.32 Å². The van der Waals surface area contributed by atoms with E-state index in [2.05, 4.69) is 12.2 Å². The van der Waals surface area contributed by atoms with Crippen molar-refractivity contribution in [2.75, 3.05) is 12.3 Å². The van der Waals surface area contributed by atoms with Gasteiger partial charge in [0, 0.05) is 18.3 Å². The number of nitrogen functional groups attached to an aromatic ring is 1. The standard InChI is InChI=1S/C12H15N3O3/c1-12(4-5-12)7-14-11(16)9-6-8(13)2-3-10(9)15(17)18/h2-3,6H,4-5,7,13H2,1H3,(H,14,16). The molecular formula is C12H15N3O3. The highest BCUT2D eigenvalue weighted by Gasteiger charge is 2.37. The van der Waals surface area contributed by atoms with Crippen LogP contribution in [-0.4, -0.2) is 17.4 Å². The van der Waals surface area contributed by atoms with E-state index in [1.807, 2.05) is 0 Å². The number of anilines is 1. The molecule has 0 saturated heterocycles. The molecule has 0 aliphatic heterocycles. The zero-order chi connectivity index (χ0) is 13.3. The Morgan fingerprint density at radius 3 is 2.78 bits per heavy atom. The molecule has 2 rings (SSSR count). The van der Waals surface area contributed by atoms with Crippen LogP contribution in [0.5, 0.6) is 0 Å². The maximum absolute atomic E-state index is 11.9. The Morgan fingerprint density at radius 2 is 2.22 bits per heavy atom. The topological polar surface area (TPSA) is 98.3 Å². The first kappa shape index (κ1) is 12.3. The van der Waals surface area contributed by atoms with Crippen LogP contribution in [0.15, 0.2) is 18.2 Å². The van der Waals surface area contributed by atoms with Gasteiger partial charge in [0.05, 0.1) is 4.92 Å². The lowest BCUT2D eigenvalue weighted by Crippen LogP contribution is -2.29. The predicted molar refractivity (Wildman–Crippen MR) is 67.2 cm³/mol. The second kappa shape index (κ2) is 4.29. The number of hydrogen-bond acceptors (Lipinski definition) is 4. The van der Waals surface area contributed by atoms with Gasteiger partial charge in [-0.15, -0.1) is 0 Å². The molecule has 1 aliphatic rings. The van der Waals surface area contributed by atoms with Crippen LogP contribution in [0.1, 0.15) is 30.1 Å². The molecule has 1 aliphatic carbocycles. The zero-order valence-electron chi connectivity index (χ0n) is 10.1. The Hall–Kier alpha value is -2.11. The van der Waals surface area contributed by atoms with Gasteiger partial charge in [0.25, 0.3) is 11.6 Å². The number of nitrogens with one attached hydrogen (secondary N) is 1. The minimum absolute atomic E-state index is 0.0178. The third kappa shape index (κ3) is 2.58. The largest absolute Gasteiger partial charge is 0.399 e. The number of benzene rings is 1. The van der Waals surface area contributed by atoms with Crippen LogP contribution in [0.2, 0.25) is 0 Å². The molecular weight excluding hydrogens is 234 g/mol. The normalized spacial score (nSPS) is 16.1. The lowest BCUT2D eigenvalue weighted by molar-refractivity contribution is -0.385. The number of carbonyl (C=O) groups is 1. The third-order valence-corrected chi connectivity index (χ3v) is 3.24. The fraction of sp³-hybridized carbons (Fsp3) is 0.417. The Labute approximate surface area is 104 Å². The molecule has 6 nitrogen and oxygen atoms in total. The van der Waals surface area contributed by atoms with E-state index in [0.29, 0.717) is 12.2 Å². The molecule has 1 saturated carbocycles. The van der Waals surface area contributed by atoms with E-state index in [-0.39, 0.29) is 16.7 Å². The van der Waals surface area contributed by atoms with E-state index in [4.69, 9.17) is 5.73 Å².